The molecule has 1 aromatic carbocycles. The highest BCUT2D eigenvalue weighted by Gasteiger charge is 2.15. The van der Waals surface area contributed by atoms with Gasteiger partial charge >= 0.3 is 5.97 Å². The lowest BCUT2D eigenvalue weighted by Gasteiger charge is -2.05. The molecule has 0 saturated heterocycles. The first kappa shape index (κ1) is 13.3. The molecule has 2 rings (SSSR count). The van der Waals surface area contributed by atoms with Crippen LogP contribution in [-0.4, -0.2) is 20.9 Å². The Hall–Kier alpha value is -2.17. The third-order valence-electron chi connectivity index (χ3n) is 2.83. The minimum atomic E-state index is -1.05. The Labute approximate surface area is 110 Å². The molecule has 0 aliphatic rings. The largest absolute Gasteiger partial charge is 0.477 e. The third-order valence-corrected chi connectivity index (χ3v) is 2.83. The van der Waals surface area contributed by atoms with Gasteiger partial charge in [0.2, 0.25) is 0 Å². The Morgan fingerprint density at radius 2 is 2.16 bits per heavy atom. The van der Waals surface area contributed by atoms with Crippen molar-refractivity contribution < 1.29 is 14.3 Å². The molecule has 0 fully saturated rings. The Kier molecular flexibility index (Phi) is 3.94. The van der Waals surface area contributed by atoms with Crippen LogP contribution in [0.2, 0.25) is 0 Å². The molecular formula is C14H15FN2O2. The lowest BCUT2D eigenvalue weighted by Crippen LogP contribution is -2.11. The summed E-state index contributed by atoms with van der Waals surface area (Å²) in [4.78, 5) is 11.2. The number of nitrogens with zero attached hydrogens (tertiary/aromatic N) is 2. The number of aromatic carboxylic acids is 1. The predicted octanol–water partition coefficient (Wildman–Crippen LogP) is 2.72. The molecule has 1 N–H and O–H groups in total. The summed E-state index contributed by atoms with van der Waals surface area (Å²) < 4.78 is 14.9. The normalized spacial score (nSPS) is 10.6. The first-order valence-corrected chi connectivity index (χ1v) is 6.15. The third kappa shape index (κ3) is 2.99. The second kappa shape index (κ2) is 5.65. The zero-order chi connectivity index (χ0) is 13.8. The van der Waals surface area contributed by atoms with Gasteiger partial charge in [-0.3, -0.25) is 4.68 Å². The van der Waals surface area contributed by atoms with Gasteiger partial charge in [-0.2, -0.15) is 5.10 Å². The van der Waals surface area contributed by atoms with Crippen LogP contribution in [0.5, 0.6) is 0 Å². The Morgan fingerprint density at radius 1 is 1.42 bits per heavy atom. The first-order chi connectivity index (χ1) is 9.11. The molecule has 1 heterocycles. The molecule has 1 aromatic heterocycles. The zero-order valence-corrected chi connectivity index (χ0v) is 10.6. The number of hydrogen-bond donors (Lipinski definition) is 1. The van der Waals surface area contributed by atoms with E-state index in [1.165, 1.54) is 10.7 Å². The molecule has 0 amide bonds. The molecule has 0 aliphatic heterocycles. The summed E-state index contributed by atoms with van der Waals surface area (Å²) in [7, 11) is 0. The van der Waals surface area contributed by atoms with Crippen molar-refractivity contribution in [1.82, 2.24) is 9.78 Å². The van der Waals surface area contributed by atoms with Crippen molar-refractivity contribution in [3.63, 3.8) is 0 Å². The molecule has 0 saturated carbocycles. The van der Waals surface area contributed by atoms with E-state index in [-0.39, 0.29) is 18.1 Å². The lowest BCUT2D eigenvalue weighted by atomic mass is 10.2. The van der Waals surface area contributed by atoms with E-state index in [1.54, 1.807) is 24.3 Å². The van der Waals surface area contributed by atoms with Crippen LogP contribution in [0.25, 0.3) is 0 Å². The fraction of sp³-hybridized carbons (Fsp3) is 0.286. The minimum Gasteiger partial charge on any atom is -0.477 e. The molecule has 4 nitrogen and oxygen atoms in total. The van der Waals surface area contributed by atoms with Crippen LogP contribution >= 0.6 is 0 Å². The predicted molar refractivity (Wildman–Crippen MR) is 68.7 cm³/mol. The van der Waals surface area contributed by atoms with Crippen LogP contribution in [0.3, 0.4) is 0 Å². The van der Waals surface area contributed by atoms with E-state index in [9.17, 15) is 9.18 Å². The summed E-state index contributed by atoms with van der Waals surface area (Å²) in [6.07, 6.45) is 1.60. The summed E-state index contributed by atoms with van der Waals surface area (Å²) >= 11 is 0. The number of carboxylic acid groups (broad SMARTS) is 1. The summed E-state index contributed by atoms with van der Waals surface area (Å²) in [5.41, 5.74) is 1.24. The molecule has 19 heavy (non-hydrogen) atoms. The van der Waals surface area contributed by atoms with E-state index in [0.29, 0.717) is 12.0 Å². The SMILES string of the molecule is CCCc1cc(C(=O)O)n(Cc2ccccc2F)n1. The maximum Gasteiger partial charge on any atom is 0.354 e. The van der Waals surface area contributed by atoms with Crippen LogP contribution in [0.15, 0.2) is 30.3 Å². The standard InChI is InChI=1S/C14H15FN2O2/c1-2-5-11-8-13(14(18)19)17(16-11)9-10-6-3-4-7-12(10)15/h3-4,6-8H,2,5,9H2,1H3,(H,18,19). The summed E-state index contributed by atoms with van der Waals surface area (Å²) in [5.74, 6) is -1.41. The highest BCUT2D eigenvalue weighted by Crippen LogP contribution is 2.12. The molecule has 0 radical (unpaired) electrons. The lowest BCUT2D eigenvalue weighted by molar-refractivity contribution is 0.0684. The topological polar surface area (TPSA) is 55.1 Å². The Morgan fingerprint density at radius 3 is 2.79 bits per heavy atom. The monoisotopic (exact) mass is 262 g/mol. The molecular weight excluding hydrogens is 247 g/mol. The number of hydrogen-bond acceptors (Lipinski definition) is 2. The van der Waals surface area contributed by atoms with Crippen molar-refractivity contribution in [2.45, 2.75) is 26.3 Å². The van der Waals surface area contributed by atoms with Gasteiger partial charge in [-0.05, 0) is 18.6 Å². The number of carbonyl (C=O) groups is 1. The van der Waals surface area contributed by atoms with Crippen molar-refractivity contribution in [1.29, 1.82) is 0 Å². The summed E-state index contributed by atoms with van der Waals surface area (Å²) in [5, 5.41) is 13.4. The maximum atomic E-state index is 13.6. The van der Waals surface area contributed by atoms with Crippen LogP contribution in [0.1, 0.15) is 35.1 Å². The van der Waals surface area contributed by atoms with Crippen molar-refractivity contribution in [3.05, 3.63) is 53.1 Å². The Bertz CT molecular complexity index is 593. The van der Waals surface area contributed by atoms with Crippen molar-refractivity contribution in [2.75, 3.05) is 0 Å². The van der Waals surface area contributed by atoms with E-state index >= 15 is 0 Å². The number of benzene rings is 1. The molecule has 0 unspecified atom stereocenters. The van der Waals surface area contributed by atoms with E-state index in [2.05, 4.69) is 5.10 Å². The molecule has 100 valence electrons. The maximum absolute atomic E-state index is 13.6. The number of aromatic nitrogens is 2. The smallest absolute Gasteiger partial charge is 0.354 e. The van der Waals surface area contributed by atoms with Crippen LogP contribution in [0, 0.1) is 5.82 Å². The Balaban J connectivity index is 2.33. The number of aryl methyl sites for hydroxylation is 1. The molecule has 0 bridgehead atoms. The van der Waals surface area contributed by atoms with E-state index < -0.39 is 5.97 Å². The van der Waals surface area contributed by atoms with Crippen molar-refractivity contribution in [3.8, 4) is 0 Å². The fourth-order valence-electron chi connectivity index (χ4n) is 1.93. The molecule has 0 atom stereocenters. The first-order valence-electron chi connectivity index (χ1n) is 6.15. The van der Waals surface area contributed by atoms with Gasteiger partial charge in [0.15, 0.2) is 0 Å². The molecule has 2 aromatic rings. The second-order valence-corrected chi connectivity index (χ2v) is 4.33. The highest BCUT2D eigenvalue weighted by molar-refractivity contribution is 5.85. The average molecular weight is 262 g/mol. The van der Waals surface area contributed by atoms with Crippen molar-refractivity contribution in [2.24, 2.45) is 0 Å². The van der Waals surface area contributed by atoms with Crippen LogP contribution in [0.4, 0.5) is 4.39 Å². The van der Waals surface area contributed by atoms with Gasteiger partial charge in [0.25, 0.3) is 0 Å². The van der Waals surface area contributed by atoms with E-state index in [4.69, 9.17) is 5.11 Å². The van der Waals surface area contributed by atoms with Gasteiger partial charge in [-0.1, -0.05) is 31.5 Å². The average Bonchev–Trinajstić information content (AvgIpc) is 2.76. The quantitative estimate of drug-likeness (QED) is 0.901. The van der Waals surface area contributed by atoms with Crippen LogP contribution < -0.4 is 0 Å². The van der Waals surface area contributed by atoms with Crippen molar-refractivity contribution >= 4 is 5.97 Å². The fourth-order valence-corrected chi connectivity index (χ4v) is 1.93. The number of carboxylic acids is 1. The molecule has 5 heteroatoms. The van der Waals surface area contributed by atoms with Gasteiger partial charge in [-0.25, -0.2) is 9.18 Å². The van der Waals surface area contributed by atoms with Gasteiger partial charge in [0.05, 0.1) is 12.2 Å². The zero-order valence-electron chi connectivity index (χ0n) is 10.6. The van der Waals surface area contributed by atoms with Gasteiger partial charge in [0, 0.05) is 5.56 Å². The summed E-state index contributed by atoms with van der Waals surface area (Å²) in [6, 6.07) is 7.85. The van der Waals surface area contributed by atoms with Gasteiger partial charge in [0.1, 0.15) is 11.5 Å². The highest BCUT2D eigenvalue weighted by atomic mass is 19.1. The summed E-state index contributed by atoms with van der Waals surface area (Å²) in [6.45, 7) is 2.12. The molecule has 0 aliphatic carbocycles. The van der Waals surface area contributed by atoms with Crippen LogP contribution in [-0.2, 0) is 13.0 Å². The van der Waals surface area contributed by atoms with Gasteiger partial charge < -0.3 is 5.11 Å². The van der Waals surface area contributed by atoms with Gasteiger partial charge in [-0.15, -0.1) is 0 Å². The number of rotatable bonds is 5. The second-order valence-electron chi connectivity index (χ2n) is 4.33. The van der Waals surface area contributed by atoms with E-state index in [1.807, 2.05) is 6.92 Å². The molecule has 0 spiro atoms. The minimum absolute atomic E-state index is 0.0895. The number of halogens is 1. The van der Waals surface area contributed by atoms with E-state index in [0.717, 1.165) is 12.1 Å².